The van der Waals surface area contributed by atoms with Gasteiger partial charge < -0.3 is 9.74 Å². The van der Waals surface area contributed by atoms with Crippen LogP contribution in [0.5, 0.6) is 0 Å². The fourth-order valence-electron chi connectivity index (χ4n) is 1.03. The molecule has 1 aromatic carbocycles. The Labute approximate surface area is 85.0 Å². The van der Waals surface area contributed by atoms with Crippen molar-refractivity contribution in [3.8, 4) is 0 Å². The van der Waals surface area contributed by atoms with Gasteiger partial charge in [-0.1, -0.05) is 17.3 Å². The summed E-state index contributed by atoms with van der Waals surface area (Å²) in [7, 11) is 4.03. The first-order chi connectivity index (χ1) is 6.74. The summed E-state index contributed by atoms with van der Waals surface area (Å²) in [6.45, 7) is 2.51. The average Bonchev–Trinajstić information content (AvgIpc) is 2.19. The molecule has 0 spiro atoms. The molecule has 14 heavy (non-hydrogen) atoms. The lowest BCUT2D eigenvalue weighted by Crippen LogP contribution is -2.08. The summed E-state index contributed by atoms with van der Waals surface area (Å²) in [5.41, 5.74) is 2.22. The molecule has 0 aromatic heterocycles. The summed E-state index contributed by atoms with van der Waals surface area (Å²) >= 11 is 0. The minimum absolute atomic E-state index is 0.603. The van der Waals surface area contributed by atoms with Crippen molar-refractivity contribution in [3.63, 3.8) is 0 Å². The van der Waals surface area contributed by atoms with Crippen molar-refractivity contribution in [3.05, 3.63) is 29.8 Å². The maximum Gasteiger partial charge on any atom is 0.114 e. The Bertz CT molecular complexity index is 291. The molecule has 3 nitrogen and oxygen atoms in total. The van der Waals surface area contributed by atoms with Crippen LogP contribution in [0.2, 0.25) is 0 Å². The number of hydrogen-bond donors (Lipinski definition) is 0. The largest absolute Gasteiger partial charge is 0.396 e. The van der Waals surface area contributed by atoms with Crippen LogP contribution in [-0.2, 0) is 4.84 Å². The van der Waals surface area contributed by atoms with Crippen molar-refractivity contribution in [1.29, 1.82) is 0 Å². The molecule has 0 radical (unpaired) electrons. The highest BCUT2D eigenvalue weighted by Crippen LogP contribution is 2.10. The predicted octanol–water partition coefficient (Wildman–Crippen LogP) is 2.12. The van der Waals surface area contributed by atoms with Gasteiger partial charge in [0, 0.05) is 19.8 Å². The van der Waals surface area contributed by atoms with Gasteiger partial charge >= 0.3 is 0 Å². The van der Waals surface area contributed by atoms with Gasteiger partial charge in [0.05, 0.1) is 6.21 Å². The highest BCUT2D eigenvalue weighted by atomic mass is 16.6. The van der Waals surface area contributed by atoms with E-state index in [0.717, 1.165) is 5.56 Å². The standard InChI is InChI=1S/C11H16N2O/c1-4-14-12-9-10-5-7-11(8-6-10)13(2)3/h5-9H,4H2,1-3H3. The van der Waals surface area contributed by atoms with Crippen LogP contribution >= 0.6 is 0 Å². The Hall–Kier alpha value is -1.51. The Balaban J connectivity index is 2.64. The van der Waals surface area contributed by atoms with Gasteiger partial charge in [0.15, 0.2) is 0 Å². The van der Waals surface area contributed by atoms with Crippen molar-refractivity contribution in [1.82, 2.24) is 0 Å². The number of rotatable bonds is 4. The van der Waals surface area contributed by atoms with E-state index in [2.05, 4.69) is 10.1 Å². The van der Waals surface area contributed by atoms with E-state index in [4.69, 9.17) is 4.84 Å². The van der Waals surface area contributed by atoms with E-state index < -0.39 is 0 Å². The highest BCUT2D eigenvalue weighted by molar-refractivity contribution is 5.79. The minimum atomic E-state index is 0.603. The SMILES string of the molecule is CCON=Cc1ccc(N(C)C)cc1. The smallest absolute Gasteiger partial charge is 0.114 e. The zero-order chi connectivity index (χ0) is 10.4. The molecular formula is C11H16N2O. The highest BCUT2D eigenvalue weighted by Gasteiger charge is 1.93. The van der Waals surface area contributed by atoms with Crippen molar-refractivity contribution >= 4 is 11.9 Å². The molecule has 0 amide bonds. The molecular weight excluding hydrogens is 176 g/mol. The van der Waals surface area contributed by atoms with E-state index >= 15 is 0 Å². The Morgan fingerprint density at radius 2 is 1.93 bits per heavy atom. The van der Waals surface area contributed by atoms with Crippen molar-refractivity contribution < 1.29 is 4.84 Å². The second kappa shape index (κ2) is 5.27. The van der Waals surface area contributed by atoms with E-state index in [1.165, 1.54) is 5.69 Å². The van der Waals surface area contributed by atoms with Gasteiger partial charge in [-0.3, -0.25) is 0 Å². The van der Waals surface area contributed by atoms with Crippen LogP contribution in [0.15, 0.2) is 29.4 Å². The third-order valence-electron chi connectivity index (χ3n) is 1.81. The fourth-order valence-corrected chi connectivity index (χ4v) is 1.03. The molecule has 0 bridgehead atoms. The van der Waals surface area contributed by atoms with Gasteiger partial charge in [-0.25, -0.2) is 0 Å². The second-order valence-corrected chi connectivity index (χ2v) is 3.14. The minimum Gasteiger partial charge on any atom is -0.396 e. The summed E-state index contributed by atoms with van der Waals surface area (Å²) in [5.74, 6) is 0. The topological polar surface area (TPSA) is 24.8 Å². The average molecular weight is 192 g/mol. The summed E-state index contributed by atoms with van der Waals surface area (Å²) in [5, 5.41) is 3.80. The molecule has 0 aliphatic carbocycles. The van der Waals surface area contributed by atoms with E-state index in [0.29, 0.717) is 6.61 Å². The van der Waals surface area contributed by atoms with Gasteiger partial charge in [-0.2, -0.15) is 0 Å². The van der Waals surface area contributed by atoms with Crippen LogP contribution in [0.25, 0.3) is 0 Å². The van der Waals surface area contributed by atoms with Gasteiger partial charge in [-0.05, 0) is 24.6 Å². The maximum absolute atomic E-state index is 4.87. The Morgan fingerprint density at radius 1 is 1.29 bits per heavy atom. The third kappa shape index (κ3) is 3.09. The van der Waals surface area contributed by atoms with Crippen LogP contribution < -0.4 is 4.90 Å². The molecule has 76 valence electrons. The van der Waals surface area contributed by atoms with E-state index in [-0.39, 0.29) is 0 Å². The first-order valence-corrected chi connectivity index (χ1v) is 4.66. The Kier molecular flexibility index (Phi) is 3.98. The van der Waals surface area contributed by atoms with Crippen LogP contribution in [0.4, 0.5) is 5.69 Å². The van der Waals surface area contributed by atoms with Crippen LogP contribution in [0, 0.1) is 0 Å². The van der Waals surface area contributed by atoms with Gasteiger partial charge in [0.2, 0.25) is 0 Å². The molecule has 0 heterocycles. The molecule has 0 fully saturated rings. The third-order valence-corrected chi connectivity index (χ3v) is 1.81. The molecule has 0 aliphatic heterocycles. The first-order valence-electron chi connectivity index (χ1n) is 4.66. The monoisotopic (exact) mass is 192 g/mol. The van der Waals surface area contributed by atoms with Crippen molar-refractivity contribution in [2.45, 2.75) is 6.92 Å². The lowest BCUT2D eigenvalue weighted by atomic mass is 10.2. The summed E-state index contributed by atoms with van der Waals surface area (Å²) in [4.78, 5) is 6.93. The number of hydrogen-bond acceptors (Lipinski definition) is 3. The lowest BCUT2D eigenvalue weighted by molar-refractivity contribution is 0.160. The van der Waals surface area contributed by atoms with Crippen LogP contribution in [0.1, 0.15) is 12.5 Å². The molecule has 0 unspecified atom stereocenters. The number of nitrogens with zero attached hydrogens (tertiary/aromatic N) is 2. The van der Waals surface area contributed by atoms with E-state index in [9.17, 15) is 0 Å². The van der Waals surface area contributed by atoms with Crippen LogP contribution in [-0.4, -0.2) is 26.9 Å². The maximum atomic E-state index is 4.87. The number of anilines is 1. The van der Waals surface area contributed by atoms with Gasteiger partial charge in [0.1, 0.15) is 6.61 Å². The quantitative estimate of drug-likeness (QED) is 0.539. The number of oxime groups is 1. The first kappa shape index (κ1) is 10.6. The molecule has 0 atom stereocenters. The molecule has 0 aliphatic rings. The fraction of sp³-hybridized carbons (Fsp3) is 0.364. The molecule has 3 heteroatoms. The number of benzene rings is 1. The zero-order valence-electron chi connectivity index (χ0n) is 8.90. The normalized spacial score (nSPS) is 10.5. The van der Waals surface area contributed by atoms with Gasteiger partial charge in [-0.15, -0.1) is 0 Å². The lowest BCUT2D eigenvalue weighted by Gasteiger charge is -2.11. The Morgan fingerprint density at radius 3 is 2.43 bits per heavy atom. The molecule has 0 saturated heterocycles. The van der Waals surface area contributed by atoms with E-state index in [1.54, 1.807) is 6.21 Å². The summed E-state index contributed by atoms with van der Waals surface area (Å²) < 4.78 is 0. The molecule has 1 rings (SSSR count). The van der Waals surface area contributed by atoms with Crippen molar-refractivity contribution in [2.75, 3.05) is 25.6 Å². The predicted molar refractivity (Wildman–Crippen MR) is 60.0 cm³/mol. The molecule has 0 saturated carbocycles. The summed E-state index contributed by atoms with van der Waals surface area (Å²) in [6, 6.07) is 8.12. The van der Waals surface area contributed by atoms with Crippen molar-refractivity contribution in [2.24, 2.45) is 5.16 Å². The second-order valence-electron chi connectivity index (χ2n) is 3.14. The van der Waals surface area contributed by atoms with E-state index in [1.807, 2.05) is 45.3 Å². The van der Waals surface area contributed by atoms with Crippen LogP contribution in [0.3, 0.4) is 0 Å². The summed E-state index contributed by atoms with van der Waals surface area (Å²) in [6.07, 6.45) is 1.71. The molecule has 1 aromatic rings. The van der Waals surface area contributed by atoms with Gasteiger partial charge in [0.25, 0.3) is 0 Å². The zero-order valence-corrected chi connectivity index (χ0v) is 8.90. The molecule has 0 N–H and O–H groups in total.